The molecule has 0 fully saturated rings. The molecule has 0 bridgehead atoms. The van der Waals surface area contributed by atoms with E-state index in [0.717, 1.165) is 11.8 Å². The summed E-state index contributed by atoms with van der Waals surface area (Å²) in [4.78, 5) is 4.02. The fourth-order valence-corrected chi connectivity index (χ4v) is 1.16. The number of ether oxygens (including phenoxy) is 1. The zero-order valence-corrected chi connectivity index (χ0v) is 6.73. The molecule has 2 N–H and O–H groups in total. The van der Waals surface area contributed by atoms with Gasteiger partial charge in [-0.25, -0.2) is 4.98 Å². The summed E-state index contributed by atoms with van der Waals surface area (Å²) in [5.74, 6) is 0. The molecule has 1 rings (SSSR count). The predicted octanol–water partition coefficient (Wildman–Crippen LogP) is 1.27. The van der Waals surface area contributed by atoms with Crippen LogP contribution in [0.1, 0.15) is 12.6 Å². The topological polar surface area (TPSA) is 48.1 Å². The van der Waals surface area contributed by atoms with Crippen molar-refractivity contribution in [2.75, 3.05) is 12.8 Å². The van der Waals surface area contributed by atoms with Crippen LogP contribution in [0.25, 0.3) is 0 Å². The van der Waals surface area contributed by atoms with Crippen molar-refractivity contribution in [2.24, 2.45) is 0 Å². The summed E-state index contributed by atoms with van der Waals surface area (Å²) in [5.41, 5.74) is 6.23. The third-order valence-corrected chi connectivity index (χ3v) is 1.86. The second-order valence-electron chi connectivity index (χ2n) is 1.83. The molecule has 0 unspecified atom stereocenters. The van der Waals surface area contributed by atoms with Gasteiger partial charge in [0.25, 0.3) is 0 Å². The lowest BCUT2D eigenvalue weighted by Gasteiger charge is -2.01. The van der Waals surface area contributed by atoms with E-state index in [-0.39, 0.29) is 0 Å². The summed E-state index contributed by atoms with van der Waals surface area (Å²) in [6, 6.07) is 0. The molecule has 0 aliphatic rings. The number of nitrogen functional groups attached to an aromatic ring is 1. The van der Waals surface area contributed by atoms with Crippen LogP contribution < -0.4 is 5.73 Å². The van der Waals surface area contributed by atoms with E-state index < -0.39 is 0 Å². The molecule has 0 aliphatic heterocycles. The molecule has 0 amide bonds. The number of nitrogens with zero attached hydrogens (tertiary/aromatic N) is 1. The first kappa shape index (κ1) is 7.50. The van der Waals surface area contributed by atoms with Crippen molar-refractivity contribution in [2.45, 2.75) is 6.92 Å². The number of thiazole rings is 1. The van der Waals surface area contributed by atoms with Gasteiger partial charge in [0.1, 0.15) is 6.10 Å². The van der Waals surface area contributed by atoms with E-state index in [0.29, 0.717) is 5.13 Å². The molecule has 1 aromatic heterocycles. The molecule has 1 heterocycles. The molecule has 3 nitrogen and oxygen atoms in total. The van der Waals surface area contributed by atoms with Crippen molar-refractivity contribution in [3.63, 3.8) is 0 Å². The third kappa shape index (κ3) is 1.46. The smallest absolute Gasteiger partial charge is 0.180 e. The van der Waals surface area contributed by atoms with Crippen LogP contribution in [-0.2, 0) is 4.74 Å². The molecule has 0 spiro atoms. The van der Waals surface area contributed by atoms with E-state index in [1.807, 2.05) is 12.3 Å². The first-order valence-corrected chi connectivity index (χ1v) is 3.71. The number of nitrogens with two attached hydrogens (primary N) is 1. The van der Waals surface area contributed by atoms with Gasteiger partial charge >= 0.3 is 0 Å². The minimum Gasteiger partial charge on any atom is -0.375 e. The van der Waals surface area contributed by atoms with Crippen molar-refractivity contribution in [1.82, 2.24) is 4.98 Å². The molecule has 10 heavy (non-hydrogen) atoms. The quantitative estimate of drug-likeness (QED) is 0.703. The lowest BCUT2D eigenvalue weighted by molar-refractivity contribution is 0.234. The highest BCUT2D eigenvalue weighted by molar-refractivity contribution is 7.13. The lowest BCUT2D eigenvalue weighted by atomic mass is 10.3. The Bertz CT molecular complexity index is 211. The molecule has 0 saturated heterocycles. The summed E-state index contributed by atoms with van der Waals surface area (Å²) in [6.07, 6.45) is 0.799. The number of rotatable bonds is 2. The highest BCUT2D eigenvalue weighted by Crippen LogP contribution is 2.18. The van der Waals surface area contributed by atoms with Gasteiger partial charge in [-0.05, 0) is 6.92 Å². The minimum absolute atomic E-state index is 0.575. The highest BCUT2D eigenvalue weighted by Gasteiger charge is 2.07. The van der Waals surface area contributed by atoms with Gasteiger partial charge in [-0.1, -0.05) is 0 Å². The maximum absolute atomic E-state index is 5.41. The molecule has 0 atom stereocenters. The number of anilines is 1. The standard InChI is InChI=1S/C6H9N2OS/c1-4(9-2)5-3-10-6(7)8-5/h3H,1-2H3,(H2,7,8). The van der Waals surface area contributed by atoms with E-state index >= 15 is 0 Å². The van der Waals surface area contributed by atoms with Gasteiger partial charge in [0.2, 0.25) is 0 Å². The average molecular weight is 157 g/mol. The fourth-order valence-electron chi connectivity index (χ4n) is 0.554. The van der Waals surface area contributed by atoms with Crippen molar-refractivity contribution < 1.29 is 4.74 Å². The molecule has 55 valence electrons. The number of hydrogen-bond donors (Lipinski definition) is 1. The molecule has 4 heteroatoms. The molecular weight excluding hydrogens is 148 g/mol. The molecule has 0 saturated carbocycles. The van der Waals surface area contributed by atoms with Crippen LogP contribution in [0.2, 0.25) is 0 Å². The first-order chi connectivity index (χ1) is 4.74. The van der Waals surface area contributed by atoms with Gasteiger partial charge in [-0.15, -0.1) is 11.3 Å². The highest BCUT2D eigenvalue weighted by atomic mass is 32.1. The number of aromatic nitrogens is 1. The Hall–Kier alpha value is -0.610. The molecular formula is C6H9N2OS. The maximum Gasteiger partial charge on any atom is 0.180 e. The van der Waals surface area contributed by atoms with Crippen molar-refractivity contribution in [3.05, 3.63) is 17.2 Å². The largest absolute Gasteiger partial charge is 0.375 e. The summed E-state index contributed by atoms with van der Waals surface area (Å²) in [5, 5.41) is 2.44. The van der Waals surface area contributed by atoms with Crippen LogP contribution >= 0.6 is 11.3 Å². The Labute approximate surface area is 63.8 Å². The van der Waals surface area contributed by atoms with Crippen molar-refractivity contribution in [3.8, 4) is 0 Å². The number of methoxy groups -OCH3 is 1. The Kier molecular flexibility index (Phi) is 2.24. The van der Waals surface area contributed by atoms with Gasteiger partial charge in [0.05, 0.1) is 5.69 Å². The Balaban J connectivity index is 2.74. The van der Waals surface area contributed by atoms with E-state index in [1.54, 1.807) is 7.11 Å². The zero-order chi connectivity index (χ0) is 7.56. The van der Waals surface area contributed by atoms with E-state index in [9.17, 15) is 0 Å². The first-order valence-electron chi connectivity index (χ1n) is 2.83. The normalized spacial score (nSPS) is 10.7. The average Bonchev–Trinajstić information content (AvgIpc) is 2.34. The fraction of sp³-hybridized carbons (Fsp3) is 0.333. The van der Waals surface area contributed by atoms with Gasteiger partial charge in [0, 0.05) is 12.5 Å². The van der Waals surface area contributed by atoms with E-state index in [4.69, 9.17) is 10.5 Å². The van der Waals surface area contributed by atoms with E-state index in [1.165, 1.54) is 11.3 Å². The zero-order valence-electron chi connectivity index (χ0n) is 5.92. The maximum atomic E-state index is 5.41. The lowest BCUT2D eigenvalue weighted by Crippen LogP contribution is -1.97. The Morgan fingerprint density at radius 1 is 1.80 bits per heavy atom. The summed E-state index contributed by atoms with van der Waals surface area (Å²) in [7, 11) is 1.62. The van der Waals surface area contributed by atoms with Crippen molar-refractivity contribution >= 4 is 16.5 Å². The second kappa shape index (κ2) is 2.98. The number of hydrogen-bond acceptors (Lipinski definition) is 4. The Morgan fingerprint density at radius 2 is 2.50 bits per heavy atom. The van der Waals surface area contributed by atoms with Gasteiger partial charge in [-0.2, -0.15) is 0 Å². The van der Waals surface area contributed by atoms with Gasteiger partial charge in [0.15, 0.2) is 5.13 Å². The second-order valence-corrected chi connectivity index (χ2v) is 2.72. The monoisotopic (exact) mass is 157 g/mol. The minimum atomic E-state index is 0.575. The van der Waals surface area contributed by atoms with Gasteiger partial charge < -0.3 is 10.5 Å². The van der Waals surface area contributed by atoms with Crippen LogP contribution in [0.15, 0.2) is 5.38 Å². The van der Waals surface area contributed by atoms with Gasteiger partial charge in [-0.3, -0.25) is 0 Å². The van der Waals surface area contributed by atoms with Crippen LogP contribution in [0.5, 0.6) is 0 Å². The van der Waals surface area contributed by atoms with Crippen molar-refractivity contribution in [1.29, 1.82) is 0 Å². The molecule has 1 aromatic rings. The van der Waals surface area contributed by atoms with Crippen LogP contribution in [0.4, 0.5) is 5.13 Å². The van der Waals surface area contributed by atoms with E-state index in [2.05, 4.69) is 4.98 Å². The van der Waals surface area contributed by atoms with Crippen LogP contribution in [0, 0.1) is 6.10 Å². The molecule has 1 radical (unpaired) electrons. The third-order valence-electron chi connectivity index (χ3n) is 1.19. The Morgan fingerprint density at radius 3 is 2.90 bits per heavy atom. The molecule has 0 aliphatic carbocycles. The summed E-state index contributed by atoms with van der Waals surface area (Å²) >= 11 is 1.41. The summed E-state index contributed by atoms with van der Waals surface area (Å²) in [6.45, 7) is 1.86. The predicted molar refractivity (Wildman–Crippen MR) is 41.6 cm³/mol. The molecule has 0 aromatic carbocycles. The van der Waals surface area contributed by atoms with Crippen LogP contribution in [0.3, 0.4) is 0 Å². The van der Waals surface area contributed by atoms with Crippen LogP contribution in [-0.4, -0.2) is 12.1 Å². The summed E-state index contributed by atoms with van der Waals surface area (Å²) < 4.78 is 4.95. The SMILES string of the molecule is CO[C](C)c1csc(N)n1.